The SMILES string of the molecule is CC/C=C1/CCC(CC)N1C(=NC)c1cccc(N2Cc3c(cc(N4CCCC4C)nc3C(C)N)C2=O)n1. The highest BCUT2D eigenvalue weighted by molar-refractivity contribution is 6.10. The van der Waals surface area contributed by atoms with Crippen LogP contribution in [0.4, 0.5) is 11.6 Å². The summed E-state index contributed by atoms with van der Waals surface area (Å²) in [5.74, 6) is 2.30. The van der Waals surface area contributed by atoms with Crippen LogP contribution in [0.15, 0.2) is 41.0 Å². The molecule has 5 heterocycles. The van der Waals surface area contributed by atoms with Crippen molar-refractivity contribution in [2.24, 2.45) is 10.7 Å². The Balaban J connectivity index is 1.49. The largest absolute Gasteiger partial charge is 0.354 e. The normalized spacial score (nSPS) is 23.6. The van der Waals surface area contributed by atoms with E-state index in [0.29, 0.717) is 30.0 Å². The van der Waals surface area contributed by atoms with Gasteiger partial charge in [-0.3, -0.25) is 14.7 Å². The molecular weight excluding hydrogens is 474 g/mol. The number of anilines is 2. The number of amidine groups is 1. The summed E-state index contributed by atoms with van der Waals surface area (Å²) in [6.07, 6.45) is 8.77. The van der Waals surface area contributed by atoms with E-state index < -0.39 is 0 Å². The fraction of sp³-hybridized carbons (Fsp3) is 0.533. The Morgan fingerprint density at radius 2 is 2.05 bits per heavy atom. The maximum atomic E-state index is 13.8. The molecule has 2 aromatic heterocycles. The lowest BCUT2D eigenvalue weighted by atomic mass is 10.0. The quantitative estimate of drug-likeness (QED) is 0.421. The third-order valence-corrected chi connectivity index (χ3v) is 8.21. The number of hydrogen-bond acceptors (Lipinski definition) is 6. The van der Waals surface area contributed by atoms with Gasteiger partial charge < -0.3 is 15.5 Å². The molecule has 8 nitrogen and oxygen atoms in total. The number of amides is 1. The first kappa shape index (κ1) is 26.4. The van der Waals surface area contributed by atoms with Gasteiger partial charge in [0.25, 0.3) is 5.91 Å². The summed E-state index contributed by atoms with van der Waals surface area (Å²) in [7, 11) is 1.83. The lowest BCUT2D eigenvalue weighted by Gasteiger charge is -2.28. The average Bonchev–Trinajstić information content (AvgIpc) is 3.62. The van der Waals surface area contributed by atoms with Crippen LogP contribution in [0.3, 0.4) is 0 Å². The van der Waals surface area contributed by atoms with Crippen LogP contribution < -0.4 is 15.5 Å². The molecule has 3 atom stereocenters. The van der Waals surface area contributed by atoms with Crippen molar-refractivity contribution in [1.82, 2.24) is 14.9 Å². The molecule has 2 aromatic rings. The number of rotatable bonds is 6. The molecule has 3 aliphatic rings. The fourth-order valence-corrected chi connectivity index (χ4v) is 6.27. The monoisotopic (exact) mass is 515 g/mol. The topological polar surface area (TPSA) is 91.0 Å². The number of aromatic nitrogens is 2. The van der Waals surface area contributed by atoms with E-state index in [2.05, 4.69) is 36.6 Å². The number of hydrogen-bond donors (Lipinski definition) is 1. The molecule has 2 N–H and O–H groups in total. The van der Waals surface area contributed by atoms with E-state index in [4.69, 9.17) is 20.7 Å². The Labute approximate surface area is 226 Å². The molecule has 38 heavy (non-hydrogen) atoms. The highest BCUT2D eigenvalue weighted by Crippen LogP contribution is 2.36. The van der Waals surface area contributed by atoms with E-state index in [1.165, 1.54) is 5.70 Å². The third-order valence-electron chi connectivity index (χ3n) is 8.21. The molecule has 3 aliphatic heterocycles. The van der Waals surface area contributed by atoms with Crippen LogP contribution in [0, 0.1) is 0 Å². The van der Waals surface area contributed by atoms with Gasteiger partial charge in [-0.05, 0) is 70.6 Å². The molecular formula is C30H41N7O. The molecule has 0 saturated carbocycles. The lowest BCUT2D eigenvalue weighted by molar-refractivity contribution is 0.0996. The number of allylic oxidation sites excluding steroid dienone is 2. The van der Waals surface area contributed by atoms with Crippen molar-refractivity contribution in [2.45, 2.75) is 90.9 Å². The summed E-state index contributed by atoms with van der Waals surface area (Å²) >= 11 is 0. The number of pyridine rings is 2. The Hall–Kier alpha value is -3.26. The number of carbonyl (C=O) groups excluding carboxylic acids is 1. The molecule has 5 rings (SSSR count). The first-order chi connectivity index (χ1) is 18.4. The fourth-order valence-electron chi connectivity index (χ4n) is 6.27. The van der Waals surface area contributed by atoms with E-state index >= 15 is 0 Å². The van der Waals surface area contributed by atoms with E-state index in [9.17, 15) is 4.79 Å². The molecule has 2 saturated heterocycles. The van der Waals surface area contributed by atoms with E-state index in [-0.39, 0.29) is 11.9 Å². The summed E-state index contributed by atoms with van der Waals surface area (Å²) in [4.78, 5) is 34.9. The van der Waals surface area contributed by atoms with E-state index in [1.807, 2.05) is 38.2 Å². The van der Waals surface area contributed by atoms with Crippen molar-refractivity contribution in [1.29, 1.82) is 0 Å². The Morgan fingerprint density at radius 3 is 2.71 bits per heavy atom. The minimum Gasteiger partial charge on any atom is -0.354 e. The predicted octanol–water partition coefficient (Wildman–Crippen LogP) is 5.19. The average molecular weight is 516 g/mol. The standard InChI is InChI=1S/C30H41N7O/c1-6-10-22-15-14-21(7-2)37(22)29(32-5)25-12-8-13-26(33-25)36-18-24-23(30(36)38)17-27(34-28(24)20(4)31)35-16-9-11-19(35)3/h8,10,12-13,17,19-21H,6-7,9,11,14-16,18,31H2,1-5H3/b22-10-,32-29?. The van der Waals surface area contributed by atoms with Gasteiger partial charge in [0.05, 0.1) is 17.8 Å². The molecule has 1 amide bonds. The third kappa shape index (κ3) is 4.59. The molecule has 202 valence electrons. The Morgan fingerprint density at radius 1 is 1.24 bits per heavy atom. The minimum atomic E-state index is -0.266. The van der Waals surface area contributed by atoms with Gasteiger partial charge in [-0.25, -0.2) is 9.97 Å². The first-order valence-corrected chi connectivity index (χ1v) is 14.2. The summed E-state index contributed by atoms with van der Waals surface area (Å²) < 4.78 is 0. The second kappa shape index (κ2) is 10.8. The summed E-state index contributed by atoms with van der Waals surface area (Å²) in [6, 6.07) is 8.39. The zero-order valence-electron chi connectivity index (χ0n) is 23.4. The maximum Gasteiger partial charge on any atom is 0.260 e. The Kier molecular flexibility index (Phi) is 7.52. The van der Waals surface area contributed by atoms with Crippen LogP contribution in [0.2, 0.25) is 0 Å². The van der Waals surface area contributed by atoms with Gasteiger partial charge in [-0.1, -0.05) is 26.0 Å². The van der Waals surface area contributed by atoms with Gasteiger partial charge in [0.2, 0.25) is 0 Å². The van der Waals surface area contributed by atoms with E-state index in [0.717, 1.165) is 73.7 Å². The van der Waals surface area contributed by atoms with Crippen molar-refractivity contribution in [2.75, 3.05) is 23.4 Å². The molecule has 0 bridgehead atoms. The molecule has 0 aliphatic carbocycles. The van der Waals surface area contributed by atoms with E-state index in [1.54, 1.807) is 4.90 Å². The molecule has 0 aromatic carbocycles. The van der Waals surface area contributed by atoms with Gasteiger partial charge in [0.15, 0.2) is 5.84 Å². The number of nitrogens with two attached hydrogens (primary N) is 1. The molecule has 0 radical (unpaired) electrons. The van der Waals surface area contributed by atoms with Crippen molar-refractivity contribution in [3.8, 4) is 0 Å². The second-order valence-electron chi connectivity index (χ2n) is 10.8. The lowest BCUT2D eigenvalue weighted by Crippen LogP contribution is -2.35. The van der Waals surface area contributed by atoms with Crippen LogP contribution in [0.25, 0.3) is 0 Å². The highest BCUT2D eigenvalue weighted by Gasteiger charge is 2.36. The molecule has 8 heteroatoms. The van der Waals surface area contributed by atoms with Gasteiger partial charge in [-0.15, -0.1) is 0 Å². The van der Waals surface area contributed by atoms with Crippen LogP contribution >= 0.6 is 0 Å². The number of aliphatic imine (C=N–C) groups is 1. The van der Waals surface area contributed by atoms with Crippen LogP contribution in [-0.4, -0.2) is 52.3 Å². The van der Waals surface area contributed by atoms with Crippen molar-refractivity contribution in [3.63, 3.8) is 0 Å². The van der Waals surface area contributed by atoms with Crippen molar-refractivity contribution >= 4 is 23.4 Å². The number of carbonyl (C=O) groups is 1. The summed E-state index contributed by atoms with van der Waals surface area (Å²) in [5, 5.41) is 0. The second-order valence-corrected chi connectivity index (χ2v) is 10.8. The van der Waals surface area contributed by atoms with Crippen molar-refractivity contribution < 1.29 is 4.79 Å². The zero-order chi connectivity index (χ0) is 27.0. The Bertz CT molecular complexity index is 1270. The minimum absolute atomic E-state index is 0.0452. The van der Waals surface area contributed by atoms with Gasteiger partial charge in [0.1, 0.15) is 17.3 Å². The first-order valence-electron chi connectivity index (χ1n) is 14.2. The molecule has 2 fully saturated rings. The molecule has 0 spiro atoms. The molecule has 3 unspecified atom stereocenters. The summed E-state index contributed by atoms with van der Waals surface area (Å²) in [6.45, 7) is 9.93. The number of fused-ring (bicyclic) bond motifs is 1. The number of likely N-dealkylation sites (tertiary alicyclic amines) is 1. The van der Waals surface area contributed by atoms with Crippen LogP contribution in [0.5, 0.6) is 0 Å². The van der Waals surface area contributed by atoms with Gasteiger partial charge in [0, 0.05) is 43.0 Å². The predicted molar refractivity (Wildman–Crippen MR) is 154 cm³/mol. The van der Waals surface area contributed by atoms with Gasteiger partial charge >= 0.3 is 0 Å². The van der Waals surface area contributed by atoms with Crippen molar-refractivity contribution in [3.05, 3.63) is 58.6 Å². The number of nitrogens with zero attached hydrogens (tertiary/aromatic N) is 6. The van der Waals surface area contributed by atoms with Crippen LogP contribution in [0.1, 0.15) is 99.6 Å². The zero-order valence-corrected chi connectivity index (χ0v) is 23.4. The van der Waals surface area contributed by atoms with Gasteiger partial charge in [-0.2, -0.15) is 0 Å². The maximum absolute atomic E-state index is 13.8. The highest BCUT2D eigenvalue weighted by atomic mass is 16.2. The summed E-state index contributed by atoms with van der Waals surface area (Å²) in [5.41, 5.74) is 10.9. The smallest absolute Gasteiger partial charge is 0.260 e. The van der Waals surface area contributed by atoms with Crippen LogP contribution in [-0.2, 0) is 6.54 Å².